The highest BCUT2D eigenvalue weighted by Crippen LogP contribution is 2.24. The topological polar surface area (TPSA) is 39.2 Å². The highest BCUT2D eigenvalue weighted by Gasteiger charge is 2.21. The lowest BCUT2D eigenvalue weighted by molar-refractivity contribution is -0.125. The van der Waals surface area contributed by atoms with E-state index in [1.54, 1.807) is 12.4 Å². The molecule has 2 rings (SSSR count). The van der Waals surface area contributed by atoms with E-state index in [2.05, 4.69) is 20.9 Å². The Morgan fingerprint density at radius 1 is 1.35 bits per heavy atom. The second-order valence-corrected chi connectivity index (χ2v) is 5.34. The molecular formula is C13H16BrNO2. The first-order valence-electron chi connectivity index (χ1n) is 6.02. The number of hydrogen-bond donors (Lipinski definition) is 0. The summed E-state index contributed by atoms with van der Waals surface area (Å²) in [6.45, 7) is 0.169. The van der Waals surface area contributed by atoms with Crippen molar-refractivity contribution in [2.45, 2.75) is 32.1 Å². The van der Waals surface area contributed by atoms with Crippen molar-refractivity contribution in [2.75, 3.05) is 6.61 Å². The largest absolute Gasteiger partial charge is 0.484 e. The number of carbonyl (C=O) groups excluding carboxylic acids is 1. The molecule has 1 heterocycles. The number of ketones is 1. The van der Waals surface area contributed by atoms with E-state index in [4.69, 9.17) is 4.74 Å². The second kappa shape index (κ2) is 6.15. The highest BCUT2D eigenvalue weighted by molar-refractivity contribution is 9.10. The van der Waals surface area contributed by atoms with Crippen molar-refractivity contribution < 1.29 is 9.53 Å². The van der Waals surface area contributed by atoms with Gasteiger partial charge >= 0.3 is 0 Å². The van der Waals surface area contributed by atoms with Gasteiger partial charge in [-0.1, -0.05) is 19.3 Å². The normalized spacial score (nSPS) is 16.8. The quantitative estimate of drug-likeness (QED) is 0.855. The third-order valence-corrected chi connectivity index (χ3v) is 3.56. The molecule has 0 aromatic carbocycles. The van der Waals surface area contributed by atoms with Crippen molar-refractivity contribution in [3.63, 3.8) is 0 Å². The highest BCUT2D eigenvalue weighted by atomic mass is 79.9. The van der Waals surface area contributed by atoms with Gasteiger partial charge in [-0.15, -0.1) is 0 Å². The van der Waals surface area contributed by atoms with Gasteiger partial charge in [0.25, 0.3) is 0 Å². The average molecular weight is 298 g/mol. The molecule has 0 aliphatic heterocycles. The van der Waals surface area contributed by atoms with Gasteiger partial charge in [-0.25, -0.2) is 0 Å². The lowest BCUT2D eigenvalue weighted by Gasteiger charge is -2.20. The van der Waals surface area contributed by atoms with Crippen LogP contribution in [0.4, 0.5) is 0 Å². The number of hydrogen-bond acceptors (Lipinski definition) is 3. The van der Waals surface area contributed by atoms with Crippen LogP contribution in [0.5, 0.6) is 5.75 Å². The molecule has 92 valence electrons. The number of halogens is 1. The van der Waals surface area contributed by atoms with Gasteiger partial charge in [-0.2, -0.15) is 0 Å². The zero-order chi connectivity index (χ0) is 12.1. The number of rotatable bonds is 4. The molecule has 1 aliphatic carbocycles. The van der Waals surface area contributed by atoms with Crippen LogP contribution in [0.1, 0.15) is 32.1 Å². The zero-order valence-corrected chi connectivity index (χ0v) is 11.3. The lowest BCUT2D eigenvalue weighted by Crippen LogP contribution is -2.23. The SMILES string of the molecule is O=C(COc1cncc(Br)c1)C1CCCCC1. The number of aromatic nitrogens is 1. The molecule has 3 nitrogen and oxygen atoms in total. The van der Waals surface area contributed by atoms with E-state index >= 15 is 0 Å². The minimum atomic E-state index is 0.169. The maximum atomic E-state index is 11.9. The molecule has 1 fully saturated rings. The third-order valence-electron chi connectivity index (χ3n) is 3.12. The minimum Gasteiger partial charge on any atom is -0.484 e. The predicted molar refractivity (Wildman–Crippen MR) is 69.0 cm³/mol. The standard InChI is InChI=1S/C13H16BrNO2/c14-11-6-12(8-15-7-11)17-9-13(16)10-4-2-1-3-5-10/h6-8,10H,1-5,9H2. The van der Waals surface area contributed by atoms with Gasteiger partial charge in [0.15, 0.2) is 5.78 Å². The van der Waals surface area contributed by atoms with E-state index in [1.807, 2.05) is 6.07 Å². The third kappa shape index (κ3) is 3.80. The number of ether oxygens (including phenoxy) is 1. The van der Waals surface area contributed by atoms with Gasteiger partial charge in [-0.3, -0.25) is 9.78 Å². The summed E-state index contributed by atoms with van der Waals surface area (Å²) in [7, 11) is 0. The van der Waals surface area contributed by atoms with Crippen LogP contribution in [0.2, 0.25) is 0 Å². The van der Waals surface area contributed by atoms with Gasteiger partial charge in [0, 0.05) is 16.6 Å². The molecule has 0 bridgehead atoms. The lowest BCUT2D eigenvalue weighted by atomic mass is 9.86. The molecule has 0 atom stereocenters. The Morgan fingerprint density at radius 2 is 2.12 bits per heavy atom. The van der Waals surface area contributed by atoms with E-state index < -0.39 is 0 Å². The van der Waals surface area contributed by atoms with Gasteiger partial charge < -0.3 is 4.74 Å². The molecule has 0 radical (unpaired) electrons. The molecule has 4 heteroatoms. The Labute approximate surface area is 110 Å². The molecular weight excluding hydrogens is 282 g/mol. The molecule has 0 amide bonds. The molecule has 1 saturated carbocycles. The van der Waals surface area contributed by atoms with Crippen LogP contribution < -0.4 is 4.74 Å². The summed E-state index contributed by atoms with van der Waals surface area (Å²) in [5, 5.41) is 0. The average Bonchev–Trinajstić information content (AvgIpc) is 2.37. The van der Waals surface area contributed by atoms with Crippen molar-refractivity contribution in [3.05, 3.63) is 22.9 Å². The maximum Gasteiger partial charge on any atom is 0.173 e. The number of nitrogens with zero attached hydrogens (tertiary/aromatic N) is 1. The van der Waals surface area contributed by atoms with Gasteiger partial charge in [0.2, 0.25) is 0 Å². The van der Waals surface area contributed by atoms with Crippen molar-refractivity contribution in [3.8, 4) is 5.75 Å². The Hall–Kier alpha value is -0.900. The number of carbonyl (C=O) groups is 1. The Bertz CT molecular complexity index is 389. The van der Waals surface area contributed by atoms with Crippen molar-refractivity contribution in [1.29, 1.82) is 0 Å². The van der Waals surface area contributed by atoms with Gasteiger partial charge in [0.1, 0.15) is 12.4 Å². The van der Waals surface area contributed by atoms with E-state index in [-0.39, 0.29) is 18.3 Å². The van der Waals surface area contributed by atoms with Crippen LogP contribution >= 0.6 is 15.9 Å². The Kier molecular flexibility index (Phi) is 4.54. The fraction of sp³-hybridized carbons (Fsp3) is 0.538. The van der Waals surface area contributed by atoms with Crippen LogP contribution in [-0.2, 0) is 4.79 Å². The van der Waals surface area contributed by atoms with E-state index in [1.165, 1.54) is 19.3 Å². The fourth-order valence-electron chi connectivity index (χ4n) is 2.17. The Morgan fingerprint density at radius 3 is 2.82 bits per heavy atom. The first-order valence-corrected chi connectivity index (χ1v) is 6.81. The Balaban J connectivity index is 1.83. The molecule has 0 spiro atoms. The monoisotopic (exact) mass is 297 g/mol. The molecule has 17 heavy (non-hydrogen) atoms. The van der Waals surface area contributed by atoms with Crippen LogP contribution in [0, 0.1) is 5.92 Å². The molecule has 0 unspecified atom stereocenters. The van der Waals surface area contributed by atoms with E-state index in [0.717, 1.165) is 17.3 Å². The fourth-order valence-corrected chi connectivity index (χ4v) is 2.51. The summed E-state index contributed by atoms with van der Waals surface area (Å²) in [6, 6.07) is 1.82. The van der Waals surface area contributed by atoms with Crippen molar-refractivity contribution in [1.82, 2.24) is 4.98 Å². The summed E-state index contributed by atoms with van der Waals surface area (Å²) in [4.78, 5) is 15.9. The summed E-state index contributed by atoms with van der Waals surface area (Å²) in [5.41, 5.74) is 0. The second-order valence-electron chi connectivity index (χ2n) is 4.43. The summed E-state index contributed by atoms with van der Waals surface area (Å²) in [6.07, 6.45) is 8.98. The van der Waals surface area contributed by atoms with Gasteiger partial charge in [0.05, 0.1) is 6.20 Å². The predicted octanol–water partition coefficient (Wildman–Crippen LogP) is 3.37. The van der Waals surface area contributed by atoms with Crippen molar-refractivity contribution >= 4 is 21.7 Å². The van der Waals surface area contributed by atoms with Crippen LogP contribution in [0.3, 0.4) is 0 Å². The van der Waals surface area contributed by atoms with Crippen LogP contribution in [0.25, 0.3) is 0 Å². The van der Waals surface area contributed by atoms with E-state index in [9.17, 15) is 4.79 Å². The molecule has 1 aromatic heterocycles. The van der Waals surface area contributed by atoms with Crippen LogP contribution in [0.15, 0.2) is 22.9 Å². The van der Waals surface area contributed by atoms with Crippen molar-refractivity contribution in [2.24, 2.45) is 5.92 Å². The maximum absolute atomic E-state index is 11.9. The molecule has 1 aromatic rings. The molecule has 0 N–H and O–H groups in total. The van der Waals surface area contributed by atoms with Gasteiger partial charge in [-0.05, 0) is 34.8 Å². The molecule has 1 aliphatic rings. The number of pyridine rings is 1. The molecule has 0 saturated heterocycles. The smallest absolute Gasteiger partial charge is 0.173 e. The first kappa shape index (κ1) is 12.6. The first-order chi connectivity index (χ1) is 8.25. The summed E-state index contributed by atoms with van der Waals surface area (Å²) < 4.78 is 6.32. The van der Waals surface area contributed by atoms with E-state index in [0.29, 0.717) is 5.75 Å². The van der Waals surface area contributed by atoms with Crippen LogP contribution in [-0.4, -0.2) is 17.4 Å². The number of Topliss-reactive ketones (excluding diaryl/α,β-unsaturated/α-hetero) is 1. The minimum absolute atomic E-state index is 0.169. The summed E-state index contributed by atoms with van der Waals surface area (Å²) in [5.74, 6) is 1.08. The zero-order valence-electron chi connectivity index (χ0n) is 9.69. The summed E-state index contributed by atoms with van der Waals surface area (Å²) >= 11 is 3.32.